The van der Waals surface area contributed by atoms with Crippen LogP contribution in [0.1, 0.15) is 53.4 Å². The first-order valence-electron chi connectivity index (χ1n) is 6.76. The van der Waals surface area contributed by atoms with Crippen molar-refractivity contribution in [1.29, 1.82) is 0 Å². The molecule has 16 heavy (non-hydrogen) atoms. The van der Waals surface area contributed by atoms with Crippen molar-refractivity contribution in [3.05, 3.63) is 11.6 Å². The van der Waals surface area contributed by atoms with E-state index in [1.54, 1.807) is 5.57 Å². The SMILES string of the molecule is CC1=CCC(C2CC(C)CC(O)C2)C1(C)C. The molecular weight excluding hydrogens is 196 g/mol. The lowest BCUT2D eigenvalue weighted by atomic mass is 9.65. The summed E-state index contributed by atoms with van der Waals surface area (Å²) in [5, 5.41) is 9.93. The Morgan fingerprint density at radius 2 is 1.94 bits per heavy atom. The third-order valence-corrected chi connectivity index (χ3v) is 5.14. The number of aliphatic hydroxyl groups is 1. The van der Waals surface area contributed by atoms with Gasteiger partial charge in [-0.3, -0.25) is 0 Å². The normalized spacial score (nSPS) is 43.2. The van der Waals surface area contributed by atoms with E-state index in [1.807, 2.05) is 0 Å². The second-order valence-corrected chi connectivity index (χ2v) is 6.68. The van der Waals surface area contributed by atoms with Crippen LogP contribution in [0.25, 0.3) is 0 Å². The molecule has 4 atom stereocenters. The molecule has 1 N–H and O–H groups in total. The van der Waals surface area contributed by atoms with E-state index in [9.17, 15) is 5.11 Å². The Hall–Kier alpha value is -0.300. The highest BCUT2D eigenvalue weighted by molar-refractivity contribution is 5.19. The van der Waals surface area contributed by atoms with Crippen LogP contribution >= 0.6 is 0 Å². The van der Waals surface area contributed by atoms with Crippen LogP contribution in [0.3, 0.4) is 0 Å². The Morgan fingerprint density at radius 3 is 2.44 bits per heavy atom. The van der Waals surface area contributed by atoms with Gasteiger partial charge in [0.2, 0.25) is 0 Å². The summed E-state index contributed by atoms with van der Waals surface area (Å²) in [7, 11) is 0. The van der Waals surface area contributed by atoms with E-state index in [0.29, 0.717) is 11.3 Å². The second-order valence-electron chi connectivity index (χ2n) is 6.68. The van der Waals surface area contributed by atoms with Crippen molar-refractivity contribution in [2.45, 2.75) is 59.5 Å². The highest BCUT2D eigenvalue weighted by Crippen LogP contribution is 2.50. The van der Waals surface area contributed by atoms with Gasteiger partial charge >= 0.3 is 0 Å². The summed E-state index contributed by atoms with van der Waals surface area (Å²) in [5.74, 6) is 2.18. The molecular formula is C15H26O. The number of allylic oxidation sites excluding steroid dienone is 2. The van der Waals surface area contributed by atoms with Crippen molar-refractivity contribution in [3.63, 3.8) is 0 Å². The van der Waals surface area contributed by atoms with Crippen LogP contribution in [0.5, 0.6) is 0 Å². The molecule has 0 spiro atoms. The first-order valence-corrected chi connectivity index (χ1v) is 6.76. The average Bonchev–Trinajstić information content (AvgIpc) is 2.40. The predicted octanol–water partition coefficient (Wildman–Crippen LogP) is 3.78. The van der Waals surface area contributed by atoms with Gasteiger partial charge in [-0.2, -0.15) is 0 Å². The van der Waals surface area contributed by atoms with Crippen molar-refractivity contribution < 1.29 is 5.11 Å². The molecule has 0 aromatic carbocycles. The average molecular weight is 222 g/mol. The van der Waals surface area contributed by atoms with Crippen LogP contribution in [-0.2, 0) is 0 Å². The minimum atomic E-state index is -0.0505. The predicted molar refractivity (Wildman–Crippen MR) is 68.2 cm³/mol. The van der Waals surface area contributed by atoms with Gasteiger partial charge in [-0.1, -0.05) is 32.4 Å². The molecule has 2 aliphatic carbocycles. The third kappa shape index (κ3) is 2.07. The molecule has 1 nitrogen and oxygen atoms in total. The van der Waals surface area contributed by atoms with Crippen LogP contribution in [0, 0.1) is 23.2 Å². The van der Waals surface area contributed by atoms with Gasteiger partial charge in [0, 0.05) is 0 Å². The second kappa shape index (κ2) is 4.18. The quantitative estimate of drug-likeness (QED) is 0.669. The molecule has 4 unspecified atom stereocenters. The zero-order chi connectivity index (χ0) is 11.9. The summed E-state index contributed by atoms with van der Waals surface area (Å²) in [6, 6.07) is 0. The zero-order valence-electron chi connectivity index (χ0n) is 11.2. The molecule has 92 valence electrons. The maximum absolute atomic E-state index is 9.93. The highest BCUT2D eigenvalue weighted by atomic mass is 16.3. The van der Waals surface area contributed by atoms with Crippen LogP contribution < -0.4 is 0 Å². The molecule has 1 saturated carbocycles. The van der Waals surface area contributed by atoms with Crippen molar-refractivity contribution >= 4 is 0 Å². The largest absolute Gasteiger partial charge is 0.393 e. The summed E-state index contributed by atoms with van der Waals surface area (Å²) in [5.41, 5.74) is 1.90. The third-order valence-electron chi connectivity index (χ3n) is 5.14. The molecule has 1 heteroatoms. The molecule has 0 amide bonds. The van der Waals surface area contributed by atoms with Crippen molar-refractivity contribution in [1.82, 2.24) is 0 Å². The molecule has 0 bridgehead atoms. The Bertz CT molecular complexity index is 280. The molecule has 2 rings (SSSR count). The minimum Gasteiger partial charge on any atom is -0.393 e. The van der Waals surface area contributed by atoms with Gasteiger partial charge in [0.25, 0.3) is 0 Å². The summed E-state index contributed by atoms with van der Waals surface area (Å²) < 4.78 is 0. The molecule has 0 heterocycles. The van der Waals surface area contributed by atoms with Crippen LogP contribution in [-0.4, -0.2) is 11.2 Å². The lowest BCUT2D eigenvalue weighted by molar-refractivity contribution is 0.0347. The Kier molecular flexibility index (Phi) is 3.18. The maximum atomic E-state index is 9.93. The maximum Gasteiger partial charge on any atom is 0.0545 e. The van der Waals surface area contributed by atoms with Gasteiger partial charge in [-0.25, -0.2) is 0 Å². The van der Waals surface area contributed by atoms with E-state index in [0.717, 1.165) is 24.7 Å². The summed E-state index contributed by atoms with van der Waals surface area (Å²) in [6.07, 6.45) is 6.94. The van der Waals surface area contributed by atoms with Crippen LogP contribution in [0.2, 0.25) is 0 Å². The summed E-state index contributed by atoms with van der Waals surface area (Å²) >= 11 is 0. The van der Waals surface area contributed by atoms with E-state index in [2.05, 4.69) is 33.8 Å². The Balaban J connectivity index is 2.09. The molecule has 2 aliphatic rings. The molecule has 0 aromatic heterocycles. The van der Waals surface area contributed by atoms with Gasteiger partial charge in [0.15, 0.2) is 0 Å². The lowest BCUT2D eigenvalue weighted by Gasteiger charge is -2.41. The first kappa shape index (κ1) is 12.2. The fraction of sp³-hybridized carbons (Fsp3) is 0.867. The Labute approximate surface area is 99.9 Å². The number of hydrogen-bond acceptors (Lipinski definition) is 1. The Morgan fingerprint density at radius 1 is 1.25 bits per heavy atom. The van der Waals surface area contributed by atoms with Gasteiger partial charge in [-0.15, -0.1) is 0 Å². The van der Waals surface area contributed by atoms with E-state index < -0.39 is 0 Å². The molecule has 0 aromatic rings. The molecule has 0 aliphatic heterocycles. The van der Waals surface area contributed by atoms with Crippen molar-refractivity contribution in [2.24, 2.45) is 23.2 Å². The number of hydrogen-bond donors (Lipinski definition) is 1. The zero-order valence-corrected chi connectivity index (χ0v) is 11.2. The van der Waals surface area contributed by atoms with Crippen LogP contribution in [0.15, 0.2) is 11.6 Å². The smallest absolute Gasteiger partial charge is 0.0545 e. The van der Waals surface area contributed by atoms with Gasteiger partial charge in [0.1, 0.15) is 0 Å². The van der Waals surface area contributed by atoms with Gasteiger partial charge in [-0.05, 0) is 55.8 Å². The fourth-order valence-electron chi connectivity index (χ4n) is 3.88. The lowest BCUT2D eigenvalue weighted by Crippen LogP contribution is -2.35. The van der Waals surface area contributed by atoms with E-state index in [4.69, 9.17) is 0 Å². The van der Waals surface area contributed by atoms with E-state index >= 15 is 0 Å². The molecule has 0 saturated heterocycles. The standard InChI is InChI=1S/C15H26O/c1-10-7-12(9-13(16)8-10)14-6-5-11(2)15(14,3)4/h5,10,12-14,16H,6-9H2,1-4H3. The molecule has 0 radical (unpaired) electrons. The fourth-order valence-corrected chi connectivity index (χ4v) is 3.88. The number of rotatable bonds is 1. The van der Waals surface area contributed by atoms with E-state index in [1.165, 1.54) is 12.8 Å². The topological polar surface area (TPSA) is 20.2 Å². The van der Waals surface area contributed by atoms with Crippen LogP contribution in [0.4, 0.5) is 0 Å². The van der Waals surface area contributed by atoms with Crippen molar-refractivity contribution in [2.75, 3.05) is 0 Å². The van der Waals surface area contributed by atoms with E-state index in [-0.39, 0.29) is 6.10 Å². The monoisotopic (exact) mass is 222 g/mol. The summed E-state index contributed by atoms with van der Waals surface area (Å²) in [4.78, 5) is 0. The van der Waals surface area contributed by atoms with Gasteiger partial charge in [0.05, 0.1) is 6.10 Å². The highest BCUT2D eigenvalue weighted by Gasteiger charge is 2.42. The van der Waals surface area contributed by atoms with Crippen molar-refractivity contribution in [3.8, 4) is 0 Å². The number of aliphatic hydroxyl groups excluding tert-OH is 1. The summed E-state index contributed by atoms with van der Waals surface area (Å²) in [6.45, 7) is 9.31. The molecule has 1 fully saturated rings. The minimum absolute atomic E-state index is 0.0505. The van der Waals surface area contributed by atoms with Gasteiger partial charge < -0.3 is 5.11 Å². The first-order chi connectivity index (χ1) is 7.41.